The van der Waals surface area contributed by atoms with Crippen LogP contribution in [0.4, 0.5) is 4.79 Å². The fourth-order valence-corrected chi connectivity index (χ4v) is 3.56. The Kier molecular flexibility index (Phi) is 6.58. The van der Waals surface area contributed by atoms with Crippen molar-refractivity contribution in [3.05, 3.63) is 69.6 Å². The van der Waals surface area contributed by atoms with E-state index in [9.17, 15) is 9.59 Å². The molecule has 0 bridgehead atoms. The molecule has 6 heteroatoms. The molecule has 0 spiro atoms. The number of thioether (sulfide) groups is 1. The van der Waals surface area contributed by atoms with Gasteiger partial charge in [-0.15, -0.1) is 0 Å². The van der Waals surface area contributed by atoms with Gasteiger partial charge in [0.25, 0.3) is 11.1 Å². The van der Waals surface area contributed by atoms with Gasteiger partial charge in [-0.3, -0.25) is 14.5 Å². The van der Waals surface area contributed by atoms with Crippen molar-refractivity contribution in [3.63, 3.8) is 0 Å². The number of hydrogen-bond acceptors (Lipinski definition) is 4. The second-order valence-electron chi connectivity index (χ2n) is 6.17. The summed E-state index contributed by atoms with van der Waals surface area (Å²) in [6.45, 7) is 2.97. The summed E-state index contributed by atoms with van der Waals surface area (Å²) >= 11 is 6.87. The normalized spacial score (nSPS) is 15.6. The van der Waals surface area contributed by atoms with Gasteiger partial charge in [0, 0.05) is 11.6 Å². The zero-order valence-electron chi connectivity index (χ0n) is 15.0. The van der Waals surface area contributed by atoms with Gasteiger partial charge in [-0.2, -0.15) is 0 Å². The summed E-state index contributed by atoms with van der Waals surface area (Å²) in [5.41, 5.74) is 1.89. The molecule has 1 aliphatic heterocycles. The lowest BCUT2D eigenvalue weighted by atomic mass is 10.2. The van der Waals surface area contributed by atoms with Gasteiger partial charge < -0.3 is 4.74 Å². The Hall–Kier alpha value is -2.24. The van der Waals surface area contributed by atoms with Crippen LogP contribution < -0.4 is 4.74 Å². The van der Waals surface area contributed by atoms with E-state index < -0.39 is 0 Å². The average molecular weight is 402 g/mol. The van der Waals surface area contributed by atoms with Crippen molar-refractivity contribution < 1.29 is 14.3 Å². The molecule has 0 aliphatic carbocycles. The van der Waals surface area contributed by atoms with E-state index in [4.69, 9.17) is 16.3 Å². The second kappa shape index (κ2) is 9.11. The highest BCUT2D eigenvalue weighted by Crippen LogP contribution is 2.32. The van der Waals surface area contributed by atoms with Crippen LogP contribution in [0.3, 0.4) is 0 Å². The largest absolute Gasteiger partial charge is 0.489 e. The average Bonchev–Trinajstić information content (AvgIpc) is 2.94. The molecule has 0 radical (unpaired) electrons. The Morgan fingerprint density at radius 2 is 1.78 bits per heavy atom. The Morgan fingerprint density at radius 3 is 2.44 bits per heavy atom. The van der Waals surface area contributed by atoms with Gasteiger partial charge in [-0.05, 0) is 59.7 Å². The van der Waals surface area contributed by atoms with Crippen LogP contribution in [0.5, 0.6) is 5.75 Å². The lowest BCUT2D eigenvalue weighted by Crippen LogP contribution is -2.29. The van der Waals surface area contributed by atoms with E-state index in [1.807, 2.05) is 55.5 Å². The highest BCUT2D eigenvalue weighted by molar-refractivity contribution is 8.18. The lowest BCUT2D eigenvalue weighted by molar-refractivity contribution is -0.122. The van der Waals surface area contributed by atoms with E-state index in [0.29, 0.717) is 23.1 Å². The van der Waals surface area contributed by atoms with E-state index in [1.54, 1.807) is 6.08 Å². The number of amides is 2. The van der Waals surface area contributed by atoms with Gasteiger partial charge in [-0.1, -0.05) is 49.2 Å². The molecule has 0 saturated carbocycles. The molecule has 3 rings (SSSR count). The number of carbonyl (C=O) groups excluding carboxylic acids is 2. The highest BCUT2D eigenvalue weighted by Gasteiger charge is 2.34. The minimum absolute atomic E-state index is 0.192. The van der Waals surface area contributed by atoms with Gasteiger partial charge in [-0.25, -0.2) is 0 Å². The van der Waals surface area contributed by atoms with Crippen molar-refractivity contribution in [1.82, 2.24) is 4.90 Å². The Morgan fingerprint density at radius 1 is 1.07 bits per heavy atom. The van der Waals surface area contributed by atoms with Crippen LogP contribution in [0.2, 0.25) is 5.02 Å². The molecular formula is C21H20ClNO3S. The maximum atomic E-state index is 12.4. The number of imide groups is 1. The molecule has 4 nitrogen and oxygen atoms in total. The van der Waals surface area contributed by atoms with Crippen LogP contribution in [0.25, 0.3) is 6.08 Å². The third-order valence-electron chi connectivity index (χ3n) is 4.11. The Balaban J connectivity index is 1.61. The zero-order chi connectivity index (χ0) is 19.2. The molecule has 2 aromatic rings. The van der Waals surface area contributed by atoms with Gasteiger partial charge in [0.05, 0.1) is 4.91 Å². The predicted octanol–water partition coefficient (Wildman–Crippen LogP) is 5.76. The molecule has 1 saturated heterocycles. The number of ether oxygens (including phenoxy) is 1. The van der Waals surface area contributed by atoms with Gasteiger partial charge in [0.1, 0.15) is 12.4 Å². The van der Waals surface area contributed by atoms with Crippen molar-refractivity contribution in [2.24, 2.45) is 0 Å². The quantitative estimate of drug-likeness (QED) is 0.553. The number of carbonyl (C=O) groups is 2. The minimum Gasteiger partial charge on any atom is -0.489 e. The number of unbranched alkanes of at least 4 members (excludes halogenated alkanes) is 1. The molecule has 1 fully saturated rings. The van der Waals surface area contributed by atoms with Crippen LogP contribution in [0.1, 0.15) is 30.9 Å². The number of halogens is 1. The summed E-state index contributed by atoms with van der Waals surface area (Å²) in [5, 5.41) is 0.504. The highest BCUT2D eigenvalue weighted by atomic mass is 35.5. The molecule has 2 aromatic carbocycles. The molecule has 2 amide bonds. The standard InChI is InChI=1S/C21H20ClNO3S/c1-2-3-12-23-20(24)19(27-21(23)25)13-15-6-10-18(11-7-15)26-14-16-4-8-17(22)9-5-16/h4-11,13H,2-3,12,14H2,1H3/b19-13-. The van der Waals surface area contributed by atoms with Crippen LogP contribution in [0.15, 0.2) is 53.4 Å². The molecule has 1 heterocycles. The maximum Gasteiger partial charge on any atom is 0.293 e. The third kappa shape index (κ3) is 5.15. The van der Waals surface area contributed by atoms with Crippen LogP contribution >= 0.6 is 23.4 Å². The summed E-state index contributed by atoms with van der Waals surface area (Å²) in [7, 11) is 0. The molecule has 0 aromatic heterocycles. The first kappa shape index (κ1) is 19.5. The molecule has 0 N–H and O–H groups in total. The fraction of sp³-hybridized carbons (Fsp3) is 0.238. The minimum atomic E-state index is -0.207. The third-order valence-corrected chi connectivity index (χ3v) is 5.26. The first-order chi connectivity index (χ1) is 13.1. The second-order valence-corrected chi connectivity index (χ2v) is 7.60. The molecule has 1 aliphatic rings. The van der Waals surface area contributed by atoms with Crippen molar-refractivity contribution in [1.29, 1.82) is 0 Å². The van der Waals surface area contributed by atoms with Crippen LogP contribution in [-0.2, 0) is 11.4 Å². The molecule has 140 valence electrons. The monoisotopic (exact) mass is 401 g/mol. The summed E-state index contributed by atoms with van der Waals surface area (Å²) in [5.74, 6) is 0.527. The van der Waals surface area contributed by atoms with Crippen molar-refractivity contribution in [3.8, 4) is 5.75 Å². The lowest BCUT2D eigenvalue weighted by Gasteiger charge is -2.10. The van der Waals surface area contributed by atoms with E-state index in [2.05, 4.69) is 0 Å². The van der Waals surface area contributed by atoms with Crippen LogP contribution in [0, 0.1) is 0 Å². The maximum absolute atomic E-state index is 12.4. The first-order valence-corrected chi connectivity index (χ1v) is 9.99. The van der Waals surface area contributed by atoms with Crippen molar-refractivity contribution >= 4 is 40.6 Å². The summed E-state index contributed by atoms with van der Waals surface area (Å²) in [6.07, 6.45) is 3.52. The van der Waals surface area contributed by atoms with Gasteiger partial charge in [0.2, 0.25) is 0 Å². The SMILES string of the molecule is CCCCN1C(=O)S/C(=C\c2ccc(OCc3ccc(Cl)cc3)cc2)C1=O. The smallest absolute Gasteiger partial charge is 0.293 e. The number of benzene rings is 2. The molecule has 0 unspecified atom stereocenters. The summed E-state index contributed by atoms with van der Waals surface area (Å²) < 4.78 is 5.76. The van der Waals surface area contributed by atoms with Crippen LogP contribution in [-0.4, -0.2) is 22.6 Å². The van der Waals surface area contributed by atoms with E-state index >= 15 is 0 Å². The van der Waals surface area contributed by atoms with Gasteiger partial charge in [0.15, 0.2) is 0 Å². The van der Waals surface area contributed by atoms with E-state index in [1.165, 1.54) is 4.90 Å². The fourth-order valence-electron chi connectivity index (χ4n) is 2.57. The number of nitrogens with zero attached hydrogens (tertiary/aromatic N) is 1. The van der Waals surface area contributed by atoms with E-state index in [-0.39, 0.29) is 11.1 Å². The van der Waals surface area contributed by atoms with E-state index in [0.717, 1.165) is 41.5 Å². The summed E-state index contributed by atoms with van der Waals surface area (Å²) in [4.78, 5) is 26.1. The summed E-state index contributed by atoms with van der Waals surface area (Å²) in [6, 6.07) is 14.9. The topological polar surface area (TPSA) is 46.6 Å². The Bertz CT molecular complexity index is 847. The number of hydrogen-bond donors (Lipinski definition) is 0. The van der Waals surface area contributed by atoms with Crippen molar-refractivity contribution in [2.45, 2.75) is 26.4 Å². The zero-order valence-corrected chi connectivity index (χ0v) is 16.6. The Labute approximate surface area is 168 Å². The molecular weight excluding hydrogens is 382 g/mol. The number of rotatable bonds is 7. The predicted molar refractivity (Wildman–Crippen MR) is 110 cm³/mol. The molecule has 0 atom stereocenters. The van der Waals surface area contributed by atoms with Gasteiger partial charge >= 0.3 is 0 Å². The molecule has 27 heavy (non-hydrogen) atoms. The van der Waals surface area contributed by atoms with Crippen molar-refractivity contribution in [2.75, 3.05) is 6.54 Å². The first-order valence-electron chi connectivity index (χ1n) is 8.79.